The molecular formula is C12H25NO2. The van der Waals surface area contributed by atoms with E-state index in [9.17, 15) is 4.79 Å². The van der Waals surface area contributed by atoms with E-state index < -0.39 is 0 Å². The maximum Gasteiger partial charge on any atom is 0.302 e. The Hall–Kier alpha value is -0.570. The van der Waals surface area contributed by atoms with E-state index >= 15 is 0 Å². The number of carbonyl (C=O) groups is 1. The van der Waals surface area contributed by atoms with E-state index in [1.807, 2.05) is 0 Å². The highest BCUT2D eigenvalue weighted by Crippen LogP contribution is 2.22. The van der Waals surface area contributed by atoms with Crippen molar-refractivity contribution in [3.8, 4) is 0 Å². The lowest BCUT2D eigenvalue weighted by Crippen LogP contribution is -2.46. The van der Waals surface area contributed by atoms with Crippen LogP contribution < -0.4 is 5.32 Å². The second kappa shape index (κ2) is 4.97. The van der Waals surface area contributed by atoms with E-state index in [0.29, 0.717) is 6.54 Å². The Morgan fingerprint density at radius 3 is 1.93 bits per heavy atom. The number of carbonyl (C=O) groups excluding carboxylic acids is 1. The maximum absolute atomic E-state index is 11.0. The fraction of sp³-hybridized carbons (Fsp3) is 0.917. The van der Waals surface area contributed by atoms with Gasteiger partial charge in [-0.05, 0) is 20.8 Å². The quantitative estimate of drug-likeness (QED) is 0.734. The summed E-state index contributed by atoms with van der Waals surface area (Å²) < 4.78 is 5.31. The number of esters is 1. The standard InChI is InChI=1S/C12H25NO2/c1-9(14)15-10(11(2,3)4)8-13-12(5,6)7/h10,13H,8H2,1-7H3. The van der Waals surface area contributed by atoms with Crippen molar-refractivity contribution in [1.29, 1.82) is 0 Å². The van der Waals surface area contributed by atoms with Crippen molar-refractivity contribution in [2.24, 2.45) is 5.41 Å². The van der Waals surface area contributed by atoms with Crippen LogP contribution in [0.15, 0.2) is 0 Å². The van der Waals surface area contributed by atoms with Crippen LogP contribution in [0.5, 0.6) is 0 Å². The molecule has 3 nitrogen and oxygen atoms in total. The molecule has 0 aliphatic heterocycles. The van der Waals surface area contributed by atoms with Gasteiger partial charge in [-0.3, -0.25) is 4.79 Å². The third-order valence-corrected chi connectivity index (χ3v) is 2.09. The average Bonchev–Trinajstić information content (AvgIpc) is 1.93. The minimum atomic E-state index is -0.217. The van der Waals surface area contributed by atoms with Crippen molar-refractivity contribution in [2.75, 3.05) is 6.54 Å². The van der Waals surface area contributed by atoms with E-state index in [-0.39, 0.29) is 23.0 Å². The van der Waals surface area contributed by atoms with Crippen LogP contribution in [0.1, 0.15) is 48.5 Å². The molecular weight excluding hydrogens is 190 g/mol. The Balaban J connectivity index is 4.33. The molecule has 0 saturated carbocycles. The summed E-state index contributed by atoms with van der Waals surface area (Å²) in [4.78, 5) is 11.0. The molecule has 0 aliphatic rings. The number of hydrogen-bond acceptors (Lipinski definition) is 3. The van der Waals surface area contributed by atoms with Crippen LogP contribution in [0.4, 0.5) is 0 Å². The molecule has 0 fully saturated rings. The second-order valence-corrected chi connectivity index (χ2v) is 6.10. The van der Waals surface area contributed by atoms with Gasteiger partial charge in [-0.25, -0.2) is 0 Å². The summed E-state index contributed by atoms with van der Waals surface area (Å²) >= 11 is 0. The van der Waals surface area contributed by atoms with Crippen molar-refractivity contribution in [2.45, 2.75) is 60.1 Å². The first-order chi connectivity index (χ1) is 6.52. The molecule has 1 atom stereocenters. The summed E-state index contributed by atoms with van der Waals surface area (Å²) in [7, 11) is 0. The minimum Gasteiger partial charge on any atom is -0.461 e. The number of ether oxygens (including phenoxy) is 1. The normalized spacial score (nSPS) is 14.9. The van der Waals surface area contributed by atoms with Crippen molar-refractivity contribution in [1.82, 2.24) is 5.32 Å². The van der Waals surface area contributed by atoms with Gasteiger partial charge in [0.25, 0.3) is 0 Å². The van der Waals surface area contributed by atoms with Gasteiger partial charge in [0.1, 0.15) is 6.10 Å². The zero-order chi connectivity index (χ0) is 12.3. The summed E-state index contributed by atoms with van der Waals surface area (Å²) in [5.41, 5.74) is 0.00751. The lowest BCUT2D eigenvalue weighted by molar-refractivity contribution is -0.151. The predicted octanol–water partition coefficient (Wildman–Crippen LogP) is 2.35. The summed E-state index contributed by atoms with van der Waals surface area (Å²) in [6.45, 7) is 14.7. The topological polar surface area (TPSA) is 38.3 Å². The Bertz CT molecular complexity index is 211. The van der Waals surface area contributed by atoms with Crippen molar-refractivity contribution in [3.05, 3.63) is 0 Å². The summed E-state index contributed by atoms with van der Waals surface area (Å²) in [6, 6.07) is 0. The molecule has 1 N–H and O–H groups in total. The Morgan fingerprint density at radius 1 is 1.20 bits per heavy atom. The lowest BCUT2D eigenvalue weighted by atomic mass is 9.88. The van der Waals surface area contributed by atoms with E-state index in [1.54, 1.807) is 0 Å². The van der Waals surface area contributed by atoms with Gasteiger partial charge in [0.2, 0.25) is 0 Å². The lowest BCUT2D eigenvalue weighted by Gasteiger charge is -2.33. The van der Waals surface area contributed by atoms with Gasteiger partial charge in [-0.15, -0.1) is 0 Å². The number of rotatable bonds is 3. The smallest absolute Gasteiger partial charge is 0.302 e. The molecule has 15 heavy (non-hydrogen) atoms. The van der Waals surface area contributed by atoms with Crippen molar-refractivity contribution < 1.29 is 9.53 Å². The van der Waals surface area contributed by atoms with Crippen LogP contribution in [0.3, 0.4) is 0 Å². The number of nitrogens with one attached hydrogen (secondary N) is 1. The molecule has 0 aromatic heterocycles. The van der Waals surface area contributed by atoms with Crippen molar-refractivity contribution in [3.63, 3.8) is 0 Å². The molecule has 3 heteroatoms. The van der Waals surface area contributed by atoms with Crippen LogP contribution in [0.2, 0.25) is 0 Å². The first-order valence-corrected chi connectivity index (χ1v) is 5.44. The van der Waals surface area contributed by atoms with Crippen LogP contribution in [0.25, 0.3) is 0 Å². The molecule has 0 amide bonds. The third-order valence-electron chi connectivity index (χ3n) is 2.09. The molecule has 90 valence electrons. The first kappa shape index (κ1) is 14.4. The third kappa shape index (κ3) is 7.37. The molecule has 1 unspecified atom stereocenters. The van der Waals surface area contributed by atoms with E-state index in [0.717, 1.165) is 0 Å². The maximum atomic E-state index is 11.0. The molecule has 0 spiro atoms. The summed E-state index contributed by atoms with van der Waals surface area (Å²) in [6.07, 6.45) is -0.0887. The highest BCUT2D eigenvalue weighted by Gasteiger charge is 2.28. The van der Waals surface area contributed by atoms with Crippen LogP contribution in [0, 0.1) is 5.41 Å². The summed E-state index contributed by atoms with van der Waals surface area (Å²) in [5, 5.41) is 3.36. The largest absolute Gasteiger partial charge is 0.461 e. The molecule has 0 aliphatic carbocycles. The molecule has 0 aromatic carbocycles. The molecule has 0 radical (unpaired) electrons. The summed E-state index contributed by atoms with van der Waals surface area (Å²) in [5.74, 6) is -0.217. The second-order valence-electron chi connectivity index (χ2n) is 6.10. The van der Waals surface area contributed by atoms with Gasteiger partial charge in [0.15, 0.2) is 0 Å². The van der Waals surface area contributed by atoms with Gasteiger partial charge < -0.3 is 10.1 Å². The molecule has 0 saturated heterocycles. The monoisotopic (exact) mass is 215 g/mol. The van der Waals surface area contributed by atoms with Gasteiger partial charge in [-0.2, -0.15) is 0 Å². The Labute approximate surface area is 93.6 Å². The Kier molecular flexibility index (Phi) is 4.78. The fourth-order valence-electron chi connectivity index (χ4n) is 1.12. The van der Waals surface area contributed by atoms with Crippen molar-refractivity contribution >= 4 is 5.97 Å². The van der Waals surface area contributed by atoms with Crippen LogP contribution in [-0.2, 0) is 9.53 Å². The highest BCUT2D eigenvalue weighted by atomic mass is 16.5. The van der Waals surface area contributed by atoms with Crippen LogP contribution in [-0.4, -0.2) is 24.2 Å². The fourth-order valence-corrected chi connectivity index (χ4v) is 1.12. The minimum absolute atomic E-state index is 0.0378. The average molecular weight is 215 g/mol. The predicted molar refractivity (Wildman–Crippen MR) is 62.8 cm³/mol. The molecule has 0 bridgehead atoms. The zero-order valence-electron chi connectivity index (χ0n) is 11.1. The molecule has 0 aromatic rings. The first-order valence-electron chi connectivity index (χ1n) is 5.44. The SMILES string of the molecule is CC(=O)OC(CNC(C)(C)C)C(C)(C)C. The van der Waals surface area contributed by atoms with E-state index in [4.69, 9.17) is 4.74 Å². The van der Waals surface area contributed by atoms with E-state index in [2.05, 4.69) is 46.9 Å². The van der Waals surface area contributed by atoms with E-state index in [1.165, 1.54) is 6.92 Å². The molecule has 0 heterocycles. The van der Waals surface area contributed by atoms with Gasteiger partial charge in [0, 0.05) is 24.4 Å². The van der Waals surface area contributed by atoms with Gasteiger partial charge in [-0.1, -0.05) is 20.8 Å². The number of hydrogen-bond donors (Lipinski definition) is 1. The van der Waals surface area contributed by atoms with Gasteiger partial charge >= 0.3 is 5.97 Å². The zero-order valence-corrected chi connectivity index (χ0v) is 11.1. The highest BCUT2D eigenvalue weighted by molar-refractivity contribution is 5.66. The Morgan fingerprint density at radius 2 is 1.67 bits per heavy atom. The van der Waals surface area contributed by atoms with Gasteiger partial charge in [0.05, 0.1) is 0 Å². The molecule has 0 rings (SSSR count). The van der Waals surface area contributed by atoms with Crippen LogP contribution >= 0.6 is 0 Å².